The quantitative estimate of drug-likeness (QED) is 0.841. The SMILES string of the molecule is Cc1cc(C[S@](=O)Cc2ccc(F)cc2)on1. The Morgan fingerprint density at radius 2 is 2.00 bits per heavy atom. The van der Waals surface area contributed by atoms with E-state index < -0.39 is 10.8 Å². The molecule has 1 atom stereocenters. The Kier molecular flexibility index (Phi) is 3.68. The van der Waals surface area contributed by atoms with E-state index >= 15 is 0 Å². The zero-order valence-electron chi connectivity index (χ0n) is 9.35. The van der Waals surface area contributed by atoms with Crippen molar-refractivity contribution in [2.24, 2.45) is 0 Å². The second-order valence-electron chi connectivity index (χ2n) is 3.79. The third kappa shape index (κ3) is 3.49. The highest BCUT2D eigenvalue weighted by molar-refractivity contribution is 7.83. The van der Waals surface area contributed by atoms with Crippen molar-refractivity contribution in [3.05, 3.63) is 53.2 Å². The summed E-state index contributed by atoms with van der Waals surface area (Å²) in [6, 6.07) is 7.77. The molecule has 5 heteroatoms. The predicted octanol–water partition coefficient (Wildman–Crippen LogP) is 2.57. The van der Waals surface area contributed by atoms with Crippen molar-refractivity contribution in [1.29, 1.82) is 0 Å². The number of rotatable bonds is 4. The van der Waals surface area contributed by atoms with Crippen LogP contribution in [-0.2, 0) is 22.3 Å². The van der Waals surface area contributed by atoms with Crippen LogP contribution in [-0.4, -0.2) is 9.37 Å². The standard InChI is InChI=1S/C12H12FNO2S/c1-9-6-12(16-14-9)8-17(15)7-10-2-4-11(13)5-3-10/h2-6H,7-8H2,1H3/t17-/m1/s1. The molecule has 0 aliphatic rings. The first-order chi connectivity index (χ1) is 8.13. The minimum absolute atomic E-state index is 0.287. The largest absolute Gasteiger partial charge is 0.360 e. The molecule has 3 nitrogen and oxygen atoms in total. The van der Waals surface area contributed by atoms with Gasteiger partial charge in [0.15, 0.2) is 0 Å². The molecular formula is C12H12FNO2S. The topological polar surface area (TPSA) is 43.1 Å². The molecule has 0 aliphatic heterocycles. The number of halogens is 1. The van der Waals surface area contributed by atoms with Gasteiger partial charge in [0.25, 0.3) is 0 Å². The van der Waals surface area contributed by atoms with Gasteiger partial charge in [-0.15, -0.1) is 0 Å². The summed E-state index contributed by atoms with van der Waals surface area (Å²) in [6.45, 7) is 1.82. The van der Waals surface area contributed by atoms with Gasteiger partial charge in [0.1, 0.15) is 11.6 Å². The van der Waals surface area contributed by atoms with Gasteiger partial charge in [0, 0.05) is 22.6 Å². The van der Waals surface area contributed by atoms with Gasteiger partial charge in [-0.05, 0) is 24.6 Å². The van der Waals surface area contributed by atoms with Crippen molar-refractivity contribution < 1.29 is 13.1 Å². The van der Waals surface area contributed by atoms with Crippen LogP contribution in [0.1, 0.15) is 17.0 Å². The Labute approximate surface area is 101 Å². The first-order valence-corrected chi connectivity index (χ1v) is 6.64. The number of nitrogens with zero attached hydrogens (tertiary/aromatic N) is 1. The van der Waals surface area contributed by atoms with Gasteiger partial charge in [-0.25, -0.2) is 4.39 Å². The predicted molar refractivity (Wildman–Crippen MR) is 63.2 cm³/mol. The Balaban J connectivity index is 1.95. The highest BCUT2D eigenvalue weighted by atomic mass is 32.2. The molecule has 0 bridgehead atoms. The van der Waals surface area contributed by atoms with E-state index in [1.54, 1.807) is 18.2 Å². The van der Waals surface area contributed by atoms with Gasteiger partial charge in [0.2, 0.25) is 0 Å². The van der Waals surface area contributed by atoms with Crippen molar-refractivity contribution in [1.82, 2.24) is 5.16 Å². The van der Waals surface area contributed by atoms with Crippen LogP contribution in [0, 0.1) is 12.7 Å². The van der Waals surface area contributed by atoms with E-state index in [0.29, 0.717) is 17.3 Å². The summed E-state index contributed by atoms with van der Waals surface area (Å²) in [5.74, 6) is 1.05. The molecule has 0 radical (unpaired) electrons. The van der Waals surface area contributed by atoms with Gasteiger partial charge in [-0.1, -0.05) is 17.3 Å². The molecule has 17 heavy (non-hydrogen) atoms. The zero-order chi connectivity index (χ0) is 12.3. The molecule has 0 fully saturated rings. The van der Waals surface area contributed by atoms with Crippen LogP contribution in [0.4, 0.5) is 4.39 Å². The van der Waals surface area contributed by atoms with Gasteiger partial charge in [0.05, 0.1) is 11.4 Å². The lowest BCUT2D eigenvalue weighted by molar-refractivity contribution is 0.390. The number of aryl methyl sites for hydroxylation is 1. The average Bonchev–Trinajstić information content (AvgIpc) is 2.67. The maximum absolute atomic E-state index is 12.7. The molecule has 1 aromatic carbocycles. The monoisotopic (exact) mass is 253 g/mol. The average molecular weight is 253 g/mol. The molecule has 0 N–H and O–H groups in total. The number of hydrogen-bond donors (Lipinski definition) is 0. The Hall–Kier alpha value is -1.49. The summed E-state index contributed by atoms with van der Waals surface area (Å²) < 4.78 is 29.5. The fraction of sp³-hybridized carbons (Fsp3) is 0.250. The van der Waals surface area contributed by atoms with Gasteiger partial charge < -0.3 is 4.52 Å². The van der Waals surface area contributed by atoms with E-state index in [4.69, 9.17) is 4.52 Å². The third-order valence-corrected chi connectivity index (χ3v) is 3.48. The molecule has 1 aromatic heterocycles. The lowest BCUT2D eigenvalue weighted by Crippen LogP contribution is -1.98. The van der Waals surface area contributed by atoms with Crippen LogP contribution in [0.2, 0.25) is 0 Å². The van der Waals surface area contributed by atoms with Crippen LogP contribution in [0.3, 0.4) is 0 Å². The molecule has 2 rings (SSSR count). The summed E-state index contributed by atoms with van der Waals surface area (Å²) in [5.41, 5.74) is 1.62. The molecule has 2 aromatic rings. The molecule has 90 valence electrons. The minimum atomic E-state index is -1.07. The Morgan fingerprint density at radius 1 is 1.29 bits per heavy atom. The normalized spacial score (nSPS) is 12.6. The van der Waals surface area contributed by atoms with E-state index in [2.05, 4.69) is 5.16 Å². The molecule has 1 heterocycles. The van der Waals surface area contributed by atoms with Crippen molar-refractivity contribution in [2.45, 2.75) is 18.4 Å². The highest BCUT2D eigenvalue weighted by Gasteiger charge is 2.07. The summed E-state index contributed by atoms with van der Waals surface area (Å²) in [5, 5.41) is 3.73. The van der Waals surface area contributed by atoms with E-state index in [-0.39, 0.29) is 5.82 Å². The molecule has 0 unspecified atom stereocenters. The maximum Gasteiger partial charge on any atom is 0.149 e. The first kappa shape index (κ1) is 12.0. The van der Waals surface area contributed by atoms with Crippen LogP contribution >= 0.6 is 0 Å². The maximum atomic E-state index is 12.7. The van der Waals surface area contributed by atoms with Gasteiger partial charge in [-0.3, -0.25) is 4.21 Å². The Morgan fingerprint density at radius 3 is 2.59 bits per heavy atom. The summed E-state index contributed by atoms with van der Waals surface area (Å²) >= 11 is 0. The molecule has 0 spiro atoms. The van der Waals surface area contributed by atoms with Crippen molar-refractivity contribution >= 4 is 10.8 Å². The van der Waals surface area contributed by atoms with Crippen LogP contribution in [0.5, 0.6) is 0 Å². The number of aromatic nitrogens is 1. The molecule has 0 amide bonds. The summed E-state index contributed by atoms with van der Waals surface area (Å²) in [4.78, 5) is 0. The lowest BCUT2D eigenvalue weighted by Gasteiger charge is -2.00. The van der Waals surface area contributed by atoms with Crippen LogP contribution in [0.25, 0.3) is 0 Å². The molecular weight excluding hydrogens is 241 g/mol. The smallest absolute Gasteiger partial charge is 0.149 e. The summed E-state index contributed by atoms with van der Waals surface area (Å²) in [6.07, 6.45) is 0. The van der Waals surface area contributed by atoms with Crippen LogP contribution < -0.4 is 0 Å². The minimum Gasteiger partial charge on any atom is -0.360 e. The van der Waals surface area contributed by atoms with Crippen molar-refractivity contribution in [2.75, 3.05) is 0 Å². The van der Waals surface area contributed by atoms with E-state index in [1.165, 1.54) is 12.1 Å². The lowest BCUT2D eigenvalue weighted by atomic mass is 10.2. The van der Waals surface area contributed by atoms with E-state index in [0.717, 1.165) is 11.3 Å². The molecule has 0 aliphatic carbocycles. The summed E-state index contributed by atoms with van der Waals surface area (Å²) in [7, 11) is -1.07. The number of hydrogen-bond acceptors (Lipinski definition) is 3. The van der Waals surface area contributed by atoms with Crippen LogP contribution in [0.15, 0.2) is 34.9 Å². The fourth-order valence-corrected chi connectivity index (χ4v) is 2.58. The molecule has 0 saturated carbocycles. The van der Waals surface area contributed by atoms with Gasteiger partial charge >= 0.3 is 0 Å². The van der Waals surface area contributed by atoms with Crippen molar-refractivity contribution in [3.63, 3.8) is 0 Å². The van der Waals surface area contributed by atoms with Gasteiger partial charge in [-0.2, -0.15) is 0 Å². The van der Waals surface area contributed by atoms with Crippen molar-refractivity contribution in [3.8, 4) is 0 Å². The zero-order valence-corrected chi connectivity index (χ0v) is 10.2. The molecule has 0 saturated heterocycles. The van der Waals surface area contributed by atoms with E-state index in [9.17, 15) is 8.60 Å². The fourth-order valence-electron chi connectivity index (χ4n) is 1.46. The third-order valence-electron chi connectivity index (χ3n) is 2.22. The highest BCUT2D eigenvalue weighted by Crippen LogP contribution is 2.10. The second-order valence-corrected chi connectivity index (χ2v) is 5.25. The Bertz CT molecular complexity index is 522. The number of benzene rings is 1. The first-order valence-electron chi connectivity index (χ1n) is 5.15. The van der Waals surface area contributed by atoms with E-state index in [1.807, 2.05) is 6.92 Å². The second kappa shape index (κ2) is 5.23.